The van der Waals surface area contributed by atoms with E-state index in [0.717, 1.165) is 38.5 Å². The van der Waals surface area contributed by atoms with Gasteiger partial charge in [-0.05, 0) is 12.8 Å². The van der Waals surface area contributed by atoms with Gasteiger partial charge in [-0.3, -0.25) is 4.79 Å². The number of amides is 1. The van der Waals surface area contributed by atoms with E-state index in [1.54, 1.807) is 0 Å². The van der Waals surface area contributed by atoms with Crippen LogP contribution in [-0.4, -0.2) is 68.5 Å². The normalized spacial score (nSPS) is 14.8. The molecule has 0 heterocycles. The lowest BCUT2D eigenvalue weighted by atomic mass is 9.98. The molecule has 0 saturated carbocycles. The monoisotopic (exact) mass is 700 g/mol. The van der Waals surface area contributed by atoms with Crippen molar-refractivity contribution in [3.05, 3.63) is 0 Å². The topological polar surface area (TPSA) is 130 Å². The van der Waals surface area contributed by atoms with Crippen LogP contribution in [0.3, 0.4) is 0 Å². The molecule has 0 radical (unpaired) electrons. The zero-order chi connectivity index (χ0) is 36.2. The van der Waals surface area contributed by atoms with Crippen molar-refractivity contribution in [1.29, 1.82) is 0 Å². The Morgan fingerprint density at radius 1 is 0.429 bits per heavy atom. The van der Waals surface area contributed by atoms with Gasteiger partial charge in [0.25, 0.3) is 5.91 Å². The molecule has 0 bridgehead atoms. The van der Waals surface area contributed by atoms with Crippen molar-refractivity contribution in [1.82, 2.24) is 5.32 Å². The van der Waals surface area contributed by atoms with Crippen LogP contribution < -0.4 is 5.32 Å². The summed E-state index contributed by atoms with van der Waals surface area (Å²) < 4.78 is 0. The van der Waals surface area contributed by atoms with E-state index in [1.165, 1.54) is 161 Å². The minimum absolute atomic E-state index is 0.321. The number of nitrogens with one attached hydrogen (secondary N) is 1. The van der Waals surface area contributed by atoms with Crippen molar-refractivity contribution in [2.45, 2.75) is 256 Å². The molecule has 6 N–H and O–H groups in total. The van der Waals surface area contributed by atoms with Crippen LogP contribution in [0.4, 0.5) is 0 Å². The number of hydrogen-bond acceptors (Lipinski definition) is 6. The number of carbonyl (C=O) groups excluding carboxylic acids is 1. The third-order valence-corrected chi connectivity index (χ3v) is 10.4. The summed E-state index contributed by atoms with van der Waals surface area (Å²) in [6.07, 6.45) is 34.4. The van der Waals surface area contributed by atoms with E-state index in [1.807, 2.05) is 0 Å². The van der Waals surface area contributed by atoms with Gasteiger partial charge in [-0.1, -0.05) is 213 Å². The number of hydrogen-bond donors (Lipinski definition) is 6. The van der Waals surface area contributed by atoms with Crippen LogP contribution in [-0.2, 0) is 4.79 Å². The highest BCUT2D eigenvalue weighted by atomic mass is 16.3. The highest BCUT2D eigenvalue weighted by Crippen LogP contribution is 2.17. The van der Waals surface area contributed by atoms with Crippen LogP contribution in [0.2, 0.25) is 0 Å². The third-order valence-electron chi connectivity index (χ3n) is 10.4. The first-order chi connectivity index (χ1) is 23.9. The zero-order valence-electron chi connectivity index (χ0n) is 32.6. The first-order valence-corrected chi connectivity index (χ1v) is 21.5. The van der Waals surface area contributed by atoms with Crippen LogP contribution in [0.25, 0.3) is 0 Å². The summed E-state index contributed by atoms with van der Waals surface area (Å²) in [4.78, 5) is 12.5. The minimum atomic E-state index is -1.63. The van der Waals surface area contributed by atoms with E-state index in [9.17, 15) is 30.3 Å². The largest absolute Gasteiger partial charge is 0.394 e. The lowest BCUT2D eigenvalue weighted by molar-refractivity contribution is -0.138. The predicted molar refractivity (Wildman–Crippen MR) is 207 cm³/mol. The Morgan fingerprint density at radius 3 is 0.980 bits per heavy atom. The standard InChI is InChI=1S/C42H85NO6/c1-3-5-7-9-11-13-15-17-18-19-20-21-22-23-25-27-29-31-33-35-39(46)41(48)42(49)43-37(36-44)40(47)38(45)34-32-30-28-26-24-16-14-12-10-8-6-4-2/h37-41,44-48H,3-36H2,1-2H3,(H,43,49)/t37-,38+,39+,40-,41-/m0/s1. The van der Waals surface area contributed by atoms with E-state index >= 15 is 0 Å². The Labute approximate surface area is 303 Å². The van der Waals surface area contributed by atoms with Gasteiger partial charge in [0.05, 0.1) is 24.9 Å². The molecule has 49 heavy (non-hydrogen) atoms. The lowest BCUT2D eigenvalue weighted by Gasteiger charge is -2.28. The molecule has 0 fully saturated rings. The molecule has 0 aliphatic heterocycles. The van der Waals surface area contributed by atoms with Crippen molar-refractivity contribution >= 4 is 5.91 Å². The maximum absolute atomic E-state index is 12.5. The van der Waals surface area contributed by atoms with E-state index in [-0.39, 0.29) is 0 Å². The number of aliphatic hydroxyl groups is 5. The van der Waals surface area contributed by atoms with Gasteiger partial charge in [-0.15, -0.1) is 0 Å². The second-order valence-electron chi connectivity index (χ2n) is 15.2. The van der Waals surface area contributed by atoms with Crippen LogP contribution in [0.5, 0.6) is 0 Å². The summed E-state index contributed by atoms with van der Waals surface area (Å²) >= 11 is 0. The van der Waals surface area contributed by atoms with E-state index < -0.39 is 43.0 Å². The third kappa shape index (κ3) is 30.6. The highest BCUT2D eigenvalue weighted by molar-refractivity contribution is 5.81. The summed E-state index contributed by atoms with van der Waals surface area (Å²) in [5.74, 6) is -0.832. The van der Waals surface area contributed by atoms with Crippen molar-refractivity contribution in [3.63, 3.8) is 0 Å². The summed E-state index contributed by atoms with van der Waals surface area (Å²) in [5, 5.41) is 53.8. The Morgan fingerprint density at radius 2 is 0.694 bits per heavy atom. The maximum atomic E-state index is 12.5. The molecular formula is C42H85NO6. The SMILES string of the molecule is CCCCCCCCCCCCCCCCCCCCC[C@@H](O)[C@H](O)C(=O)N[C@@H](CO)[C@H](O)[C@H](O)CCCCCCCCCCCCCC. The summed E-state index contributed by atoms with van der Waals surface area (Å²) in [7, 11) is 0. The predicted octanol–water partition coefficient (Wildman–Crippen LogP) is 9.82. The molecule has 0 spiro atoms. The van der Waals surface area contributed by atoms with Crippen molar-refractivity contribution in [2.24, 2.45) is 0 Å². The fourth-order valence-corrected chi connectivity index (χ4v) is 6.91. The van der Waals surface area contributed by atoms with Gasteiger partial charge < -0.3 is 30.8 Å². The number of unbranched alkanes of at least 4 members (excludes halogenated alkanes) is 29. The Bertz CT molecular complexity index is 680. The molecule has 0 aromatic rings. The molecule has 0 saturated heterocycles. The van der Waals surface area contributed by atoms with Gasteiger partial charge in [0, 0.05) is 0 Å². The fraction of sp³-hybridized carbons (Fsp3) is 0.976. The smallest absolute Gasteiger partial charge is 0.251 e. The Balaban J connectivity index is 3.80. The first-order valence-electron chi connectivity index (χ1n) is 21.5. The molecular weight excluding hydrogens is 614 g/mol. The highest BCUT2D eigenvalue weighted by Gasteiger charge is 2.31. The number of carbonyl (C=O) groups is 1. The first kappa shape index (κ1) is 48.3. The lowest BCUT2D eigenvalue weighted by Crippen LogP contribution is -2.54. The van der Waals surface area contributed by atoms with E-state index in [2.05, 4.69) is 19.2 Å². The molecule has 0 aromatic heterocycles. The average molecular weight is 700 g/mol. The summed E-state index contributed by atoms with van der Waals surface area (Å²) in [5.41, 5.74) is 0. The molecule has 0 aliphatic carbocycles. The zero-order valence-corrected chi connectivity index (χ0v) is 32.6. The van der Waals surface area contributed by atoms with Crippen LogP contribution in [0, 0.1) is 0 Å². The molecule has 294 valence electrons. The average Bonchev–Trinajstić information content (AvgIpc) is 3.11. The number of aliphatic hydroxyl groups excluding tert-OH is 5. The quantitative estimate of drug-likeness (QED) is 0.0354. The van der Waals surface area contributed by atoms with Gasteiger partial charge in [0.15, 0.2) is 6.10 Å². The van der Waals surface area contributed by atoms with Crippen LogP contribution >= 0.6 is 0 Å². The molecule has 0 aromatic carbocycles. The Kier molecular flexibility index (Phi) is 36.5. The van der Waals surface area contributed by atoms with E-state index in [4.69, 9.17) is 0 Å². The second kappa shape index (κ2) is 37.0. The minimum Gasteiger partial charge on any atom is -0.394 e. The molecule has 7 nitrogen and oxygen atoms in total. The molecule has 0 unspecified atom stereocenters. The maximum Gasteiger partial charge on any atom is 0.251 e. The number of rotatable bonds is 39. The Hall–Kier alpha value is -0.730. The molecule has 5 atom stereocenters. The fourth-order valence-electron chi connectivity index (χ4n) is 6.91. The van der Waals surface area contributed by atoms with Gasteiger partial charge >= 0.3 is 0 Å². The van der Waals surface area contributed by atoms with Crippen molar-refractivity contribution in [3.8, 4) is 0 Å². The molecule has 0 rings (SSSR count). The summed E-state index contributed by atoms with van der Waals surface area (Å²) in [6.45, 7) is 3.95. The van der Waals surface area contributed by atoms with Gasteiger partial charge in [0.2, 0.25) is 0 Å². The van der Waals surface area contributed by atoms with E-state index in [0.29, 0.717) is 12.8 Å². The summed E-state index contributed by atoms with van der Waals surface area (Å²) in [6, 6.07) is -1.10. The van der Waals surface area contributed by atoms with Gasteiger partial charge in [-0.25, -0.2) is 0 Å². The molecule has 0 aliphatic rings. The second-order valence-corrected chi connectivity index (χ2v) is 15.2. The molecule has 7 heteroatoms. The van der Waals surface area contributed by atoms with Gasteiger partial charge in [-0.2, -0.15) is 0 Å². The molecule has 1 amide bonds. The van der Waals surface area contributed by atoms with Crippen LogP contribution in [0.15, 0.2) is 0 Å². The van der Waals surface area contributed by atoms with Crippen molar-refractivity contribution in [2.75, 3.05) is 6.61 Å². The van der Waals surface area contributed by atoms with Crippen molar-refractivity contribution < 1.29 is 30.3 Å². The van der Waals surface area contributed by atoms with Gasteiger partial charge in [0.1, 0.15) is 6.10 Å². The van der Waals surface area contributed by atoms with Crippen LogP contribution in [0.1, 0.15) is 226 Å².